The maximum absolute atomic E-state index is 11.9. The van der Waals surface area contributed by atoms with Gasteiger partial charge in [0, 0.05) is 11.5 Å². The first-order chi connectivity index (χ1) is 9.70. The lowest BCUT2D eigenvalue weighted by Crippen LogP contribution is -2.44. The molecule has 0 atom stereocenters. The van der Waals surface area contributed by atoms with Crippen molar-refractivity contribution < 1.29 is 14.3 Å². The van der Waals surface area contributed by atoms with E-state index in [0.29, 0.717) is 12.2 Å². The van der Waals surface area contributed by atoms with E-state index < -0.39 is 0 Å². The van der Waals surface area contributed by atoms with Gasteiger partial charge < -0.3 is 4.74 Å². The highest BCUT2D eigenvalue weighted by molar-refractivity contribution is 5.95. The van der Waals surface area contributed by atoms with Gasteiger partial charge in [0.25, 0.3) is 5.91 Å². The van der Waals surface area contributed by atoms with Crippen molar-refractivity contribution in [2.75, 3.05) is 6.61 Å². The predicted molar refractivity (Wildman–Crippen MR) is 75.2 cm³/mol. The second-order valence-electron chi connectivity index (χ2n) is 4.88. The Morgan fingerprint density at radius 2 is 1.80 bits per heavy atom. The third-order valence-corrected chi connectivity index (χ3v) is 3.45. The maximum atomic E-state index is 11.9. The van der Waals surface area contributed by atoms with Crippen LogP contribution in [0.4, 0.5) is 0 Å². The van der Waals surface area contributed by atoms with Crippen molar-refractivity contribution in [2.45, 2.75) is 32.6 Å². The van der Waals surface area contributed by atoms with Crippen molar-refractivity contribution >= 4 is 11.8 Å². The average molecular weight is 276 g/mol. The number of benzene rings is 1. The van der Waals surface area contributed by atoms with Gasteiger partial charge in [-0.2, -0.15) is 0 Å². The SMILES string of the molecule is CCOc1ccc(C(=O)NNC(=O)C2CCCC2)cc1. The summed E-state index contributed by atoms with van der Waals surface area (Å²) >= 11 is 0. The van der Waals surface area contributed by atoms with Gasteiger partial charge in [-0.1, -0.05) is 12.8 Å². The smallest absolute Gasteiger partial charge is 0.269 e. The second kappa shape index (κ2) is 6.93. The Kier molecular flexibility index (Phi) is 4.98. The van der Waals surface area contributed by atoms with Gasteiger partial charge in [0.05, 0.1) is 6.61 Å². The molecule has 5 nitrogen and oxygen atoms in total. The fourth-order valence-corrected chi connectivity index (χ4v) is 2.35. The summed E-state index contributed by atoms with van der Waals surface area (Å²) in [6, 6.07) is 6.80. The number of carbonyl (C=O) groups is 2. The van der Waals surface area contributed by atoms with E-state index in [1.807, 2.05) is 6.92 Å². The number of hydrogen-bond acceptors (Lipinski definition) is 3. The van der Waals surface area contributed by atoms with Crippen molar-refractivity contribution in [3.05, 3.63) is 29.8 Å². The summed E-state index contributed by atoms with van der Waals surface area (Å²) in [5.74, 6) is 0.343. The molecule has 108 valence electrons. The van der Waals surface area contributed by atoms with Gasteiger partial charge in [-0.05, 0) is 44.0 Å². The molecule has 2 amide bonds. The predicted octanol–water partition coefficient (Wildman–Crippen LogP) is 2.04. The molecule has 5 heteroatoms. The Labute approximate surface area is 118 Å². The monoisotopic (exact) mass is 276 g/mol. The van der Waals surface area contributed by atoms with Crippen molar-refractivity contribution in [1.29, 1.82) is 0 Å². The number of ether oxygens (including phenoxy) is 1. The maximum Gasteiger partial charge on any atom is 0.269 e. The number of carbonyl (C=O) groups excluding carboxylic acids is 2. The molecule has 0 aromatic heterocycles. The lowest BCUT2D eigenvalue weighted by molar-refractivity contribution is -0.125. The van der Waals surface area contributed by atoms with E-state index in [2.05, 4.69) is 10.9 Å². The topological polar surface area (TPSA) is 67.4 Å². The highest BCUT2D eigenvalue weighted by Gasteiger charge is 2.22. The number of nitrogens with one attached hydrogen (secondary N) is 2. The Morgan fingerprint density at radius 3 is 2.40 bits per heavy atom. The zero-order valence-electron chi connectivity index (χ0n) is 11.6. The van der Waals surface area contributed by atoms with Crippen LogP contribution in [0.5, 0.6) is 5.75 Å². The summed E-state index contributed by atoms with van der Waals surface area (Å²) in [6.07, 6.45) is 3.99. The van der Waals surface area contributed by atoms with Crippen LogP contribution < -0.4 is 15.6 Å². The number of amides is 2. The Balaban J connectivity index is 1.83. The minimum absolute atomic E-state index is 0.0376. The van der Waals surface area contributed by atoms with E-state index >= 15 is 0 Å². The summed E-state index contributed by atoms with van der Waals surface area (Å²) < 4.78 is 5.30. The molecule has 0 bridgehead atoms. The molecule has 1 aromatic carbocycles. The van der Waals surface area contributed by atoms with Gasteiger partial charge in [-0.3, -0.25) is 20.4 Å². The summed E-state index contributed by atoms with van der Waals surface area (Å²) in [6.45, 7) is 2.49. The highest BCUT2D eigenvalue weighted by atomic mass is 16.5. The van der Waals surface area contributed by atoms with Gasteiger partial charge in [0.1, 0.15) is 5.75 Å². The van der Waals surface area contributed by atoms with Crippen LogP contribution in [0.25, 0.3) is 0 Å². The normalized spacial score (nSPS) is 14.8. The third kappa shape index (κ3) is 3.73. The molecule has 1 fully saturated rings. The van der Waals surface area contributed by atoms with Crippen molar-refractivity contribution in [1.82, 2.24) is 10.9 Å². The third-order valence-electron chi connectivity index (χ3n) is 3.45. The van der Waals surface area contributed by atoms with E-state index in [4.69, 9.17) is 4.74 Å². The zero-order valence-corrected chi connectivity index (χ0v) is 11.6. The minimum Gasteiger partial charge on any atom is -0.494 e. The Hall–Kier alpha value is -2.04. The van der Waals surface area contributed by atoms with Gasteiger partial charge in [-0.25, -0.2) is 0 Å². The van der Waals surface area contributed by atoms with Crippen LogP contribution in [0, 0.1) is 5.92 Å². The van der Waals surface area contributed by atoms with E-state index in [1.54, 1.807) is 24.3 Å². The number of rotatable bonds is 4. The molecule has 0 spiro atoms. The molecule has 0 radical (unpaired) electrons. The lowest BCUT2D eigenvalue weighted by atomic mass is 10.1. The Bertz CT molecular complexity index is 465. The number of hydrogen-bond donors (Lipinski definition) is 2. The molecule has 1 saturated carbocycles. The Morgan fingerprint density at radius 1 is 1.15 bits per heavy atom. The van der Waals surface area contributed by atoms with Gasteiger partial charge >= 0.3 is 0 Å². The van der Waals surface area contributed by atoms with Gasteiger partial charge in [-0.15, -0.1) is 0 Å². The van der Waals surface area contributed by atoms with Crippen LogP contribution in [0.1, 0.15) is 43.0 Å². The van der Waals surface area contributed by atoms with E-state index in [-0.39, 0.29) is 17.7 Å². The minimum atomic E-state index is -0.320. The summed E-state index contributed by atoms with van der Waals surface area (Å²) in [5.41, 5.74) is 5.43. The highest BCUT2D eigenvalue weighted by Crippen LogP contribution is 2.24. The molecule has 0 unspecified atom stereocenters. The molecule has 2 N–H and O–H groups in total. The number of hydrazine groups is 1. The summed E-state index contributed by atoms with van der Waals surface area (Å²) in [4.78, 5) is 23.6. The molecular formula is C15H20N2O3. The molecular weight excluding hydrogens is 256 g/mol. The molecule has 2 rings (SSSR count). The van der Waals surface area contributed by atoms with Crippen LogP contribution in [0.15, 0.2) is 24.3 Å². The summed E-state index contributed by atoms with van der Waals surface area (Å²) in [7, 11) is 0. The first-order valence-electron chi connectivity index (χ1n) is 7.03. The largest absolute Gasteiger partial charge is 0.494 e. The van der Waals surface area contributed by atoms with E-state index in [0.717, 1.165) is 31.4 Å². The molecule has 0 saturated heterocycles. The van der Waals surface area contributed by atoms with E-state index in [9.17, 15) is 9.59 Å². The van der Waals surface area contributed by atoms with Crippen molar-refractivity contribution in [2.24, 2.45) is 5.92 Å². The molecule has 0 aliphatic heterocycles. The van der Waals surface area contributed by atoms with E-state index in [1.165, 1.54) is 0 Å². The molecule has 20 heavy (non-hydrogen) atoms. The van der Waals surface area contributed by atoms with Gasteiger partial charge in [0.2, 0.25) is 5.91 Å². The second-order valence-corrected chi connectivity index (χ2v) is 4.88. The van der Waals surface area contributed by atoms with Crippen molar-refractivity contribution in [3.63, 3.8) is 0 Å². The first-order valence-corrected chi connectivity index (χ1v) is 7.03. The molecule has 0 heterocycles. The molecule has 1 aromatic rings. The standard InChI is InChI=1S/C15H20N2O3/c1-2-20-13-9-7-12(8-10-13)15(19)17-16-14(18)11-5-3-4-6-11/h7-11H,2-6H2,1H3,(H,16,18)(H,17,19). The first kappa shape index (κ1) is 14.4. The van der Waals surface area contributed by atoms with Crippen LogP contribution in [-0.2, 0) is 4.79 Å². The summed E-state index contributed by atoms with van der Waals surface area (Å²) in [5, 5.41) is 0. The lowest BCUT2D eigenvalue weighted by Gasteiger charge is -2.11. The zero-order chi connectivity index (χ0) is 14.4. The molecule has 1 aliphatic rings. The van der Waals surface area contributed by atoms with Crippen molar-refractivity contribution in [3.8, 4) is 5.75 Å². The van der Waals surface area contributed by atoms with Crippen LogP contribution >= 0.6 is 0 Å². The van der Waals surface area contributed by atoms with Gasteiger partial charge in [0.15, 0.2) is 0 Å². The quantitative estimate of drug-likeness (QED) is 0.827. The van der Waals surface area contributed by atoms with Crippen LogP contribution in [-0.4, -0.2) is 18.4 Å². The molecule has 1 aliphatic carbocycles. The van der Waals surface area contributed by atoms with Crippen LogP contribution in [0.3, 0.4) is 0 Å². The van der Waals surface area contributed by atoms with Crippen LogP contribution in [0.2, 0.25) is 0 Å². The fourth-order valence-electron chi connectivity index (χ4n) is 2.35. The average Bonchev–Trinajstić information content (AvgIpc) is 3.00. The fraction of sp³-hybridized carbons (Fsp3) is 0.467.